The van der Waals surface area contributed by atoms with E-state index in [1.54, 1.807) is 25.1 Å². The van der Waals surface area contributed by atoms with E-state index >= 15 is 0 Å². The summed E-state index contributed by atoms with van der Waals surface area (Å²) in [6, 6.07) is 6.07. The number of benzene rings is 2. The summed E-state index contributed by atoms with van der Waals surface area (Å²) < 4.78 is 67.5. The lowest BCUT2D eigenvalue weighted by atomic mass is 10.1. The molecule has 10 heteroatoms. The first-order chi connectivity index (χ1) is 14.5. The van der Waals surface area contributed by atoms with Gasteiger partial charge in [0.2, 0.25) is 10.0 Å². The molecule has 0 aliphatic carbocycles. The molecule has 0 aromatic heterocycles. The smallest absolute Gasteiger partial charge is 0.282 e. The van der Waals surface area contributed by atoms with Gasteiger partial charge < -0.3 is 10.2 Å². The van der Waals surface area contributed by atoms with Crippen molar-refractivity contribution in [2.75, 3.05) is 31.5 Å². The number of amides is 1. The van der Waals surface area contributed by atoms with E-state index in [9.17, 15) is 26.4 Å². The molecule has 3 rings (SSSR count). The van der Waals surface area contributed by atoms with Crippen molar-refractivity contribution in [1.29, 1.82) is 0 Å². The lowest BCUT2D eigenvalue weighted by molar-refractivity contribution is -0.917. The Morgan fingerprint density at radius 1 is 1.03 bits per heavy atom. The second-order valence-electron chi connectivity index (χ2n) is 7.74. The van der Waals surface area contributed by atoms with Gasteiger partial charge in [0.25, 0.3) is 5.91 Å². The third kappa shape index (κ3) is 4.76. The predicted octanol–water partition coefficient (Wildman–Crippen LogP) is 1.64. The van der Waals surface area contributed by atoms with Gasteiger partial charge in [0, 0.05) is 0 Å². The topological polar surface area (TPSA) is 70.9 Å². The Morgan fingerprint density at radius 3 is 2.29 bits per heavy atom. The molecule has 2 aromatic rings. The molecule has 6 nitrogen and oxygen atoms in total. The highest BCUT2D eigenvalue weighted by molar-refractivity contribution is 7.89. The summed E-state index contributed by atoms with van der Waals surface area (Å²) in [5, 5.41) is 2.28. The fraction of sp³-hybridized carbons (Fsp3) is 0.381. The minimum absolute atomic E-state index is 0.224. The van der Waals surface area contributed by atoms with E-state index in [0.717, 1.165) is 28.2 Å². The number of nitrogens with zero attached hydrogens (tertiary/aromatic N) is 1. The molecule has 31 heavy (non-hydrogen) atoms. The number of hydrogen-bond donors (Lipinski definition) is 2. The number of carbonyl (C=O) groups is 1. The number of halogens is 3. The van der Waals surface area contributed by atoms with Crippen LogP contribution in [0.5, 0.6) is 0 Å². The van der Waals surface area contributed by atoms with Crippen molar-refractivity contribution in [3.8, 4) is 0 Å². The van der Waals surface area contributed by atoms with Crippen LogP contribution in [0.15, 0.2) is 35.2 Å². The van der Waals surface area contributed by atoms with E-state index in [4.69, 9.17) is 0 Å². The number of hydrogen-bond acceptors (Lipinski definition) is 3. The quantitative estimate of drug-likeness (QED) is 0.672. The monoisotopic (exact) mass is 456 g/mol. The van der Waals surface area contributed by atoms with Crippen LogP contribution in [0.2, 0.25) is 0 Å². The zero-order chi connectivity index (χ0) is 22.9. The van der Waals surface area contributed by atoms with Gasteiger partial charge in [-0.1, -0.05) is 6.07 Å². The van der Waals surface area contributed by atoms with Crippen LogP contribution in [0.1, 0.15) is 18.1 Å². The van der Waals surface area contributed by atoms with Gasteiger partial charge in [-0.15, -0.1) is 0 Å². The van der Waals surface area contributed by atoms with E-state index in [1.807, 2.05) is 13.8 Å². The van der Waals surface area contributed by atoms with E-state index < -0.39 is 45.1 Å². The first-order valence-electron chi connectivity index (χ1n) is 9.88. The molecule has 1 saturated heterocycles. The fourth-order valence-electron chi connectivity index (χ4n) is 3.52. The van der Waals surface area contributed by atoms with Gasteiger partial charge in [0.15, 0.2) is 23.5 Å². The van der Waals surface area contributed by atoms with Crippen LogP contribution in [0.25, 0.3) is 0 Å². The van der Waals surface area contributed by atoms with Crippen LogP contribution in [0.4, 0.5) is 18.9 Å². The highest BCUT2D eigenvalue weighted by Crippen LogP contribution is 2.20. The van der Waals surface area contributed by atoms with Gasteiger partial charge in [0.1, 0.15) is 0 Å². The van der Waals surface area contributed by atoms with Crippen molar-refractivity contribution in [1.82, 2.24) is 4.31 Å². The zero-order valence-corrected chi connectivity index (χ0v) is 18.3. The lowest BCUT2D eigenvalue weighted by Gasteiger charge is -2.34. The maximum absolute atomic E-state index is 13.8. The highest BCUT2D eigenvalue weighted by atomic mass is 32.2. The molecule has 2 aromatic carbocycles. The van der Waals surface area contributed by atoms with Gasteiger partial charge >= 0.3 is 0 Å². The molecule has 0 spiro atoms. The van der Waals surface area contributed by atoms with E-state index in [-0.39, 0.29) is 18.0 Å². The number of aryl methyl sites for hydroxylation is 2. The first kappa shape index (κ1) is 23.2. The maximum atomic E-state index is 13.8. The van der Waals surface area contributed by atoms with Gasteiger partial charge in [0.05, 0.1) is 36.8 Å². The average molecular weight is 457 g/mol. The zero-order valence-electron chi connectivity index (χ0n) is 17.5. The SMILES string of the molecule is Cc1ccc(S(=O)(=O)N2CC[NH+]([C@@H](C)C(=O)Nc3ccc(F)c(F)c3F)CC2)cc1C. The van der Waals surface area contributed by atoms with Crippen LogP contribution in [0.3, 0.4) is 0 Å². The van der Waals surface area contributed by atoms with Gasteiger partial charge in [-0.2, -0.15) is 4.31 Å². The molecular weight excluding hydrogens is 431 g/mol. The maximum Gasteiger partial charge on any atom is 0.282 e. The number of nitrogens with one attached hydrogen (secondary N) is 2. The molecule has 1 heterocycles. The van der Waals surface area contributed by atoms with Crippen molar-refractivity contribution in [3.63, 3.8) is 0 Å². The fourth-order valence-corrected chi connectivity index (χ4v) is 5.05. The second kappa shape index (κ2) is 8.97. The molecule has 0 saturated carbocycles. The molecule has 1 aliphatic heterocycles. The van der Waals surface area contributed by atoms with E-state index in [1.165, 1.54) is 4.31 Å². The summed E-state index contributed by atoms with van der Waals surface area (Å²) in [7, 11) is -3.64. The number of anilines is 1. The Hall–Kier alpha value is -2.43. The normalized spacial score (nSPS) is 16.8. The first-order valence-corrected chi connectivity index (χ1v) is 11.3. The van der Waals surface area contributed by atoms with Crippen molar-refractivity contribution in [3.05, 3.63) is 58.9 Å². The molecule has 2 N–H and O–H groups in total. The van der Waals surface area contributed by atoms with Crippen molar-refractivity contribution >= 4 is 21.6 Å². The summed E-state index contributed by atoms with van der Waals surface area (Å²) in [6.45, 7) is 6.58. The van der Waals surface area contributed by atoms with Crippen molar-refractivity contribution in [2.45, 2.75) is 31.7 Å². The molecule has 1 aliphatic rings. The predicted molar refractivity (Wildman–Crippen MR) is 110 cm³/mol. The van der Waals surface area contributed by atoms with Gasteiger partial charge in [-0.25, -0.2) is 21.6 Å². The number of carbonyl (C=O) groups excluding carboxylic acids is 1. The molecule has 0 unspecified atom stereocenters. The third-order valence-corrected chi connectivity index (χ3v) is 7.67. The Labute approximate surface area is 179 Å². The minimum Gasteiger partial charge on any atom is -0.323 e. The van der Waals surface area contributed by atoms with Crippen LogP contribution in [-0.2, 0) is 14.8 Å². The Kier molecular flexibility index (Phi) is 6.73. The van der Waals surface area contributed by atoms with Crippen LogP contribution in [-0.4, -0.2) is 50.9 Å². The van der Waals surface area contributed by atoms with Crippen molar-refractivity contribution in [2.24, 2.45) is 0 Å². The summed E-state index contributed by atoms with van der Waals surface area (Å²) in [4.78, 5) is 13.5. The van der Waals surface area contributed by atoms with Gasteiger partial charge in [-0.3, -0.25) is 4.79 Å². The Bertz CT molecular complexity index is 1100. The highest BCUT2D eigenvalue weighted by Gasteiger charge is 2.35. The number of rotatable bonds is 5. The summed E-state index contributed by atoms with van der Waals surface area (Å²) >= 11 is 0. The Balaban J connectivity index is 1.64. The van der Waals surface area contributed by atoms with E-state index in [0.29, 0.717) is 13.1 Å². The summed E-state index contributed by atoms with van der Waals surface area (Å²) in [5.74, 6) is -5.01. The molecule has 1 atom stereocenters. The summed E-state index contributed by atoms with van der Waals surface area (Å²) in [6.07, 6.45) is 0. The molecule has 1 fully saturated rings. The average Bonchev–Trinajstić information content (AvgIpc) is 2.75. The number of quaternary nitrogens is 1. The van der Waals surface area contributed by atoms with Crippen LogP contribution >= 0.6 is 0 Å². The number of sulfonamides is 1. The largest absolute Gasteiger partial charge is 0.323 e. The molecule has 1 amide bonds. The lowest BCUT2D eigenvalue weighted by Crippen LogP contribution is -3.19. The third-order valence-electron chi connectivity index (χ3n) is 5.78. The molecule has 0 bridgehead atoms. The molecule has 0 radical (unpaired) electrons. The molecular formula is C21H25F3N3O3S+. The Morgan fingerprint density at radius 2 is 1.68 bits per heavy atom. The van der Waals surface area contributed by atoms with Gasteiger partial charge in [-0.05, 0) is 56.2 Å². The van der Waals surface area contributed by atoms with Crippen LogP contribution in [0, 0.1) is 31.3 Å². The minimum atomic E-state index is -3.64. The van der Waals surface area contributed by atoms with E-state index in [2.05, 4.69) is 5.32 Å². The standard InChI is InChI=1S/C21H24F3N3O3S/c1-13-4-5-16(12-14(13)2)31(29,30)27-10-8-26(9-11-27)15(3)21(28)25-18-7-6-17(22)19(23)20(18)24/h4-7,12,15H,8-11H2,1-3H3,(H,25,28)/p+1/t15-/m0/s1. The number of piperazine rings is 1. The van der Waals surface area contributed by atoms with Crippen molar-refractivity contribution < 1.29 is 31.3 Å². The summed E-state index contributed by atoms with van der Waals surface area (Å²) in [5.41, 5.74) is 1.46. The molecule has 168 valence electrons. The van der Waals surface area contributed by atoms with Crippen LogP contribution < -0.4 is 10.2 Å². The second-order valence-corrected chi connectivity index (χ2v) is 9.68.